The number of carbonyl (C=O) groups excluding carboxylic acids is 1. The number of amides is 1. The number of rotatable bonds is 11. The fraction of sp³-hybridized carbons (Fsp3) is 0.435. The average molecular weight is 480 g/mol. The van der Waals surface area contributed by atoms with Gasteiger partial charge < -0.3 is 15.0 Å². The molecule has 1 saturated heterocycles. The highest BCUT2D eigenvalue weighted by Gasteiger charge is 2.29. The van der Waals surface area contributed by atoms with Gasteiger partial charge in [0.1, 0.15) is 12.3 Å². The summed E-state index contributed by atoms with van der Waals surface area (Å²) >= 11 is 5.93. The van der Waals surface area contributed by atoms with Crippen LogP contribution >= 0.6 is 11.6 Å². The monoisotopic (exact) mass is 479 g/mol. The van der Waals surface area contributed by atoms with Gasteiger partial charge in [0.05, 0.1) is 17.2 Å². The van der Waals surface area contributed by atoms with Gasteiger partial charge in [-0.2, -0.15) is 0 Å². The van der Waals surface area contributed by atoms with Crippen LogP contribution in [-0.4, -0.2) is 58.6 Å². The van der Waals surface area contributed by atoms with Gasteiger partial charge in [0.2, 0.25) is 5.91 Å². The van der Waals surface area contributed by atoms with E-state index < -0.39 is 10.0 Å². The van der Waals surface area contributed by atoms with Crippen LogP contribution in [0.15, 0.2) is 53.4 Å². The highest BCUT2D eigenvalue weighted by atomic mass is 35.5. The summed E-state index contributed by atoms with van der Waals surface area (Å²) in [6.07, 6.45) is 3.28. The van der Waals surface area contributed by atoms with E-state index >= 15 is 0 Å². The molecular formula is C23H30ClN3O4S. The summed E-state index contributed by atoms with van der Waals surface area (Å²) < 4.78 is 33.7. The van der Waals surface area contributed by atoms with Crippen molar-refractivity contribution in [1.29, 1.82) is 0 Å². The van der Waals surface area contributed by atoms with Crippen molar-refractivity contribution in [3.63, 3.8) is 0 Å². The van der Waals surface area contributed by atoms with Crippen molar-refractivity contribution in [2.75, 3.05) is 43.6 Å². The van der Waals surface area contributed by atoms with Crippen LogP contribution < -0.4 is 14.4 Å². The second kappa shape index (κ2) is 11.5. The lowest BCUT2D eigenvalue weighted by molar-refractivity contribution is -0.119. The van der Waals surface area contributed by atoms with E-state index in [0.29, 0.717) is 29.6 Å². The van der Waals surface area contributed by atoms with Crippen LogP contribution in [0.2, 0.25) is 5.02 Å². The minimum absolute atomic E-state index is 0.0510. The van der Waals surface area contributed by atoms with Gasteiger partial charge in [-0.3, -0.25) is 9.10 Å². The first-order chi connectivity index (χ1) is 15.4. The minimum atomic E-state index is -4.02. The number of nitrogens with one attached hydrogen (secondary N) is 1. The molecule has 2 aromatic carbocycles. The molecule has 174 valence electrons. The van der Waals surface area contributed by atoms with Crippen LogP contribution in [0.3, 0.4) is 0 Å². The molecular weight excluding hydrogens is 450 g/mol. The van der Waals surface area contributed by atoms with Gasteiger partial charge in [0.15, 0.2) is 0 Å². The second-order valence-corrected chi connectivity index (χ2v) is 9.92. The van der Waals surface area contributed by atoms with Crippen molar-refractivity contribution >= 4 is 33.2 Å². The quantitative estimate of drug-likeness (QED) is 0.499. The van der Waals surface area contributed by atoms with E-state index in [-0.39, 0.29) is 17.3 Å². The Kier molecular flexibility index (Phi) is 8.78. The van der Waals surface area contributed by atoms with Crippen molar-refractivity contribution in [2.45, 2.75) is 31.1 Å². The van der Waals surface area contributed by atoms with Crippen molar-refractivity contribution < 1.29 is 17.9 Å². The van der Waals surface area contributed by atoms with Gasteiger partial charge in [-0.25, -0.2) is 8.42 Å². The first-order valence-electron chi connectivity index (χ1n) is 10.9. The van der Waals surface area contributed by atoms with Gasteiger partial charge in [0.25, 0.3) is 10.0 Å². The Morgan fingerprint density at radius 1 is 1.12 bits per heavy atom. The Bertz CT molecular complexity index is 993. The molecule has 7 nitrogen and oxygen atoms in total. The number of carbonyl (C=O) groups is 1. The van der Waals surface area contributed by atoms with Crippen molar-refractivity contribution in [3.8, 4) is 5.75 Å². The van der Waals surface area contributed by atoms with Gasteiger partial charge in [0, 0.05) is 11.6 Å². The molecule has 1 N–H and O–H groups in total. The fourth-order valence-corrected chi connectivity index (χ4v) is 5.25. The van der Waals surface area contributed by atoms with E-state index in [1.54, 1.807) is 24.3 Å². The van der Waals surface area contributed by atoms with Crippen LogP contribution in [0.25, 0.3) is 0 Å². The Labute approximate surface area is 195 Å². The van der Waals surface area contributed by atoms with Crippen LogP contribution in [0.1, 0.15) is 26.2 Å². The number of benzene rings is 2. The number of para-hydroxylation sites is 2. The fourth-order valence-electron chi connectivity index (χ4n) is 3.70. The van der Waals surface area contributed by atoms with Crippen LogP contribution in [0.5, 0.6) is 5.75 Å². The highest BCUT2D eigenvalue weighted by molar-refractivity contribution is 7.92. The molecule has 0 spiro atoms. The maximum absolute atomic E-state index is 13.5. The first-order valence-corrected chi connectivity index (χ1v) is 12.7. The molecule has 1 aliphatic heterocycles. The van der Waals surface area contributed by atoms with E-state index in [2.05, 4.69) is 10.2 Å². The van der Waals surface area contributed by atoms with Crippen LogP contribution in [0, 0.1) is 0 Å². The summed E-state index contributed by atoms with van der Waals surface area (Å²) in [5.74, 6) is 0.0321. The van der Waals surface area contributed by atoms with E-state index in [9.17, 15) is 13.2 Å². The van der Waals surface area contributed by atoms with Gasteiger partial charge >= 0.3 is 0 Å². The molecule has 3 rings (SSSR count). The molecule has 0 bridgehead atoms. The molecule has 32 heavy (non-hydrogen) atoms. The van der Waals surface area contributed by atoms with E-state index in [4.69, 9.17) is 16.3 Å². The third-order valence-corrected chi connectivity index (χ3v) is 7.32. The number of ether oxygens (including phenoxy) is 1. The SMILES string of the molecule is CCOc1ccccc1N(CC(=O)NCCCN1CCCC1)S(=O)(=O)c1ccc(Cl)cc1. The van der Waals surface area contributed by atoms with E-state index in [1.807, 2.05) is 6.92 Å². The van der Waals surface area contributed by atoms with Crippen molar-refractivity contribution in [2.24, 2.45) is 0 Å². The number of nitrogens with zero attached hydrogens (tertiary/aromatic N) is 2. The summed E-state index contributed by atoms with van der Waals surface area (Å²) in [5, 5.41) is 3.29. The Morgan fingerprint density at radius 3 is 2.50 bits per heavy atom. The topological polar surface area (TPSA) is 79.0 Å². The minimum Gasteiger partial charge on any atom is -0.492 e. The molecule has 0 radical (unpaired) electrons. The largest absolute Gasteiger partial charge is 0.492 e. The number of halogens is 1. The number of sulfonamides is 1. The van der Waals surface area contributed by atoms with Gasteiger partial charge in [-0.05, 0) is 82.2 Å². The highest BCUT2D eigenvalue weighted by Crippen LogP contribution is 2.32. The number of hydrogen-bond acceptors (Lipinski definition) is 5. The maximum atomic E-state index is 13.5. The smallest absolute Gasteiger partial charge is 0.264 e. The van der Waals surface area contributed by atoms with Gasteiger partial charge in [-0.1, -0.05) is 23.7 Å². The molecule has 1 aliphatic rings. The lowest BCUT2D eigenvalue weighted by Crippen LogP contribution is -2.41. The molecule has 1 heterocycles. The zero-order chi connectivity index (χ0) is 23.0. The summed E-state index contributed by atoms with van der Waals surface area (Å²) in [6, 6.07) is 12.7. The zero-order valence-corrected chi connectivity index (χ0v) is 19.9. The van der Waals surface area contributed by atoms with Crippen LogP contribution in [-0.2, 0) is 14.8 Å². The molecule has 0 saturated carbocycles. The molecule has 0 aliphatic carbocycles. The first kappa shape index (κ1) is 24.4. The second-order valence-electron chi connectivity index (χ2n) is 7.62. The van der Waals surface area contributed by atoms with Crippen molar-refractivity contribution in [1.82, 2.24) is 10.2 Å². The number of hydrogen-bond donors (Lipinski definition) is 1. The van der Waals surface area contributed by atoms with Crippen LogP contribution in [0.4, 0.5) is 5.69 Å². The number of anilines is 1. The third-order valence-electron chi connectivity index (χ3n) is 5.29. The van der Waals surface area contributed by atoms with E-state index in [1.165, 1.54) is 37.1 Å². The zero-order valence-electron chi connectivity index (χ0n) is 18.3. The predicted molar refractivity (Wildman–Crippen MR) is 127 cm³/mol. The Morgan fingerprint density at radius 2 is 1.81 bits per heavy atom. The molecule has 0 unspecified atom stereocenters. The van der Waals surface area contributed by atoms with Gasteiger partial charge in [-0.15, -0.1) is 0 Å². The standard InChI is InChI=1S/C23H30ClN3O4S/c1-2-31-22-9-4-3-8-21(22)27(32(29,30)20-12-10-19(24)11-13-20)18-23(28)25-14-7-17-26-15-5-6-16-26/h3-4,8-13H,2,5-7,14-18H2,1H3,(H,25,28). The molecule has 2 aromatic rings. The maximum Gasteiger partial charge on any atom is 0.264 e. The Balaban J connectivity index is 1.77. The molecule has 9 heteroatoms. The molecule has 0 atom stereocenters. The number of likely N-dealkylation sites (tertiary alicyclic amines) is 1. The third kappa shape index (κ3) is 6.37. The average Bonchev–Trinajstić information content (AvgIpc) is 3.30. The summed E-state index contributed by atoms with van der Waals surface area (Å²) in [4.78, 5) is 15.2. The predicted octanol–water partition coefficient (Wildman–Crippen LogP) is 3.54. The summed E-state index contributed by atoms with van der Waals surface area (Å²) in [7, 11) is -4.02. The van der Waals surface area contributed by atoms with E-state index in [0.717, 1.165) is 30.4 Å². The molecule has 1 fully saturated rings. The lowest BCUT2D eigenvalue weighted by atomic mass is 10.3. The normalized spacial score (nSPS) is 14.3. The molecule has 1 amide bonds. The summed E-state index contributed by atoms with van der Waals surface area (Å²) in [6.45, 7) is 5.48. The molecule has 0 aromatic heterocycles. The Hall–Kier alpha value is -2.29. The summed E-state index contributed by atoms with van der Waals surface area (Å²) in [5.41, 5.74) is 0.316. The lowest BCUT2D eigenvalue weighted by Gasteiger charge is -2.26. The van der Waals surface area contributed by atoms with Crippen molar-refractivity contribution in [3.05, 3.63) is 53.6 Å².